The van der Waals surface area contributed by atoms with Gasteiger partial charge < -0.3 is 4.90 Å². The lowest BCUT2D eigenvalue weighted by atomic mass is 9.99. The molecule has 3 aromatic rings. The minimum Gasteiger partial charge on any atom is -0.353 e. The third-order valence-corrected chi connectivity index (χ3v) is 5.56. The number of hydrogen-bond donors (Lipinski definition) is 0. The number of thiophene rings is 1. The summed E-state index contributed by atoms with van der Waals surface area (Å²) in [4.78, 5) is 13.4. The van der Waals surface area contributed by atoms with Crippen molar-refractivity contribution in [1.29, 1.82) is 0 Å². The molecule has 0 bridgehead atoms. The molecule has 0 aliphatic carbocycles. The summed E-state index contributed by atoms with van der Waals surface area (Å²) in [6.07, 6.45) is 5.02. The fraction of sp³-hybridized carbons (Fsp3) is 0.368. The number of hydrogen-bond acceptors (Lipinski definition) is 4. The fourth-order valence-corrected chi connectivity index (χ4v) is 4.16. The molecule has 0 amide bonds. The highest BCUT2D eigenvalue weighted by Gasteiger charge is 2.24. The Balaban J connectivity index is 1.89. The van der Waals surface area contributed by atoms with Crippen LogP contribution in [0.15, 0.2) is 41.8 Å². The van der Waals surface area contributed by atoms with Gasteiger partial charge in [-0.1, -0.05) is 25.1 Å². The first-order valence-corrected chi connectivity index (χ1v) is 9.32. The number of fused-ring (bicyclic) bond motifs is 1. The molecule has 1 fully saturated rings. The van der Waals surface area contributed by atoms with Gasteiger partial charge in [-0.25, -0.2) is 9.97 Å². The zero-order valence-corrected chi connectivity index (χ0v) is 14.2. The molecule has 1 aliphatic heterocycles. The van der Waals surface area contributed by atoms with E-state index in [1.54, 1.807) is 11.3 Å². The molecule has 4 rings (SSSR count). The first kappa shape index (κ1) is 14.6. The number of nitrogens with zero attached hydrogens (tertiary/aromatic N) is 3. The first-order valence-electron chi connectivity index (χ1n) is 8.44. The second-order valence-corrected chi connectivity index (χ2v) is 7.06. The molecule has 0 radical (unpaired) electrons. The first-order chi connectivity index (χ1) is 11.4. The molecule has 0 spiro atoms. The summed E-state index contributed by atoms with van der Waals surface area (Å²) < 4.78 is 0. The molecule has 3 heterocycles. The Morgan fingerprint density at radius 1 is 1.13 bits per heavy atom. The number of para-hydroxylation sites is 1. The van der Waals surface area contributed by atoms with Crippen molar-refractivity contribution in [2.75, 3.05) is 11.4 Å². The van der Waals surface area contributed by atoms with Crippen LogP contribution in [0.1, 0.15) is 32.6 Å². The highest BCUT2D eigenvalue weighted by atomic mass is 32.1. The van der Waals surface area contributed by atoms with Gasteiger partial charge in [0.25, 0.3) is 0 Å². The van der Waals surface area contributed by atoms with Crippen molar-refractivity contribution in [3.05, 3.63) is 41.8 Å². The summed E-state index contributed by atoms with van der Waals surface area (Å²) in [5.41, 5.74) is 1.04. The van der Waals surface area contributed by atoms with E-state index in [0.29, 0.717) is 6.04 Å². The van der Waals surface area contributed by atoms with E-state index in [2.05, 4.69) is 53.6 Å². The van der Waals surface area contributed by atoms with Crippen molar-refractivity contribution >= 4 is 28.1 Å². The molecule has 1 unspecified atom stereocenters. The van der Waals surface area contributed by atoms with Crippen LogP contribution < -0.4 is 4.90 Å². The summed E-state index contributed by atoms with van der Waals surface area (Å²) in [5, 5.41) is 3.26. The van der Waals surface area contributed by atoms with E-state index in [0.717, 1.165) is 28.6 Å². The van der Waals surface area contributed by atoms with Gasteiger partial charge in [-0.3, -0.25) is 0 Å². The molecule has 0 saturated carbocycles. The molecule has 0 N–H and O–H groups in total. The SMILES string of the molecule is CCC1CCCCN1c1nc(-c2cccs2)nc2ccccc12. The highest BCUT2D eigenvalue weighted by Crippen LogP contribution is 2.33. The maximum absolute atomic E-state index is 4.99. The normalized spacial score (nSPS) is 18.5. The summed E-state index contributed by atoms with van der Waals surface area (Å²) in [7, 11) is 0. The second-order valence-electron chi connectivity index (χ2n) is 6.12. The predicted molar refractivity (Wildman–Crippen MR) is 98.1 cm³/mol. The van der Waals surface area contributed by atoms with Crippen LogP contribution in [0.2, 0.25) is 0 Å². The van der Waals surface area contributed by atoms with Crippen molar-refractivity contribution in [2.24, 2.45) is 0 Å². The van der Waals surface area contributed by atoms with Crippen LogP contribution in [-0.4, -0.2) is 22.6 Å². The van der Waals surface area contributed by atoms with E-state index in [1.807, 2.05) is 0 Å². The maximum atomic E-state index is 4.99. The van der Waals surface area contributed by atoms with Gasteiger partial charge in [0.05, 0.1) is 10.4 Å². The average Bonchev–Trinajstić information content (AvgIpc) is 3.15. The van der Waals surface area contributed by atoms with E-state index in [4.69, 9.17) is 9.97 Å². The smallest absolute Gasteiger partial charge is 0.172 e. The number of aromatic nitrogens is 2. The van der Waals surface area contributed by atoms with Gasteiger partial charge in [-0.15, -0.1) is 11.3 Å². The fourth-order valence-electron chi connectivity index (χ4n) is 3.50. The van der Waals surface area contributed by atoms with Crippen LogP contribution in [0, 0.1) is 0 Å². The lowest BCUT2D eigenvalue weighted by Crippen LogP contribution is -2.39. The van der Waals surface area contributed by atoms with Crippen LogP contribution in [0.5, 0.6) is 0 Å². The molecule has 2 aromatic heterocycles. The van der Waals surface area contributed by atoms with Crippen LogP contribution in [-0.2, 0) is 0 Å². The highest BCUT2D eigenvalue weighted by molar-refractivity contribution is 7.13. The zero-order valence-electron chi connectivity index (χ0n) is 13.4. The molecule has 23 heavy (non-hydrogen) atoms. The van der Waals surface area contributed by atoms with E-state index < -0.39 is 0 Å². The van der Waals surface area contributed by atoms with Gasteiger partial charge >= 0.3 is 0 Å². The molecular formula is C19H21N3S. The predicted octanol–water partition coefficient (Wildman–Crippen LogP) is 5.13. The Labute approximate surface area is 141 Å². The minimum atomic E-state index is 0.596. The number of benzene rings is 1. The lowest BCUT2D eigenvalue weighted by Gasteiger charge is -2.36. The monoisotopic (exact) mass is 323 g/mol. The molecule has 3 nitrogen and oxygen atoms in total. The lowest BCUT2D eigenvalue weighted by molar-refractivity contribution is 0.448. The van der Waals surface area contributed by atoms with Crippen molar-refractivity contribution in [2.45, 2.75) is 38.6 Å². The molecule has 1 aromatic carbocycles. The molecule has 4 heteroatoms. The van der Waals surface area contributed by atoms with Crippen molar-refractivity contribution in [3.63, 3.8) is 0 Å². The Bertz CT molecular complexity index is 797. The van der Waals surface area contributed by atoms with Gasteiger partial charge in [0.15, 0.2) is 5.82 Å². The topological polar surface area (TPSA) is 29.0 Å². The maximum Gasteiger partial charge on any atom is 0.172 e. The standard InChI is InChI=1S/C19H21N3S/c1-2-14-8-5-6-12-22(14)19-15-9-3-4-10-16(15)20-18(21-19)17-11-7-13-23-17/h3-4,7,9-11,13-14H,2,5-6,8,12H2,1H3. The summed E-state index contributed by atoms with van der Waals surface area (Å²) >= 11 is 1.70. The Hall–Kier alpha value is -1.94. The minimum absolute atomic E-state index is 0.596. The summed E-state index contributed by atoms with van der Waals surface area (Å²) in [6.45, 7) is 3.38. The molecule has 1 atom stereocenters. The number of rotatable bonds is 3. The van der Waals surface area contributed by atoms with Crippen molar-refractivity contribution in [3.8, 4) is 10.7 Å². The van der Waals surface area contributed by atoms with Gasteiger partial charge in [0.2, 0.25) is 0 Å². The summed E-state index contributed by atoms with van der Waals surface area (Å²) in [5.74, 6) is 1.97. The Morgan fingerprint density at radius 2 is 2.04 bits per heavy atom. The molecule has 1 saturated heterocycles. The summed E-state index contributed by atoms with van der Waals surface area (Å²) in [6, 6.07) is 13.2. The van der Waals surface area contributed by atoms with Gasteiger partial charge in [0.1, 0.15) is 5.82 Å². The molecule has 118 valence electrons. The van der Waals surface area contributed by atoms with Crippen LogP contribution in [0.3, 0.4) is 0 Å². The average molecular weight is 323 g/mol. The second kappa shape index (κ2) is 6.28. The number of piperidine rings is 1. The van der Waals surface area contributed by atoms with Gasteiger partial charge in [-0.2, -0.15) is 0 Å². The largest absolute Gasteiger partial charge is 0.353 e. The van der Waals surface area contributed by atoms with Gasteiger partial charge in [0, 0.05) is 18.0 Å². The Morgan fingerprint density at radius 3 is 2.87 bits per heavy atom. The van der Waals surface area contributed by atoms with E-state index in [1.165, 1.54) is 31.1 Å². The Kier molecular flexibility index (Phi) is 4.00. The van der Waals surface area contributed by atoms with Crippen LogP contribution in [0.25, 0.3) is 21.6 Å². The van der Waals surface area contributed by atoms with Crippen molar-refractivity contribution in [1.82, 2.24) is 9.97 Å². The van der Waals surface area contributed by atoms with Crippen molar-refractivity contribution < 1.29 is 0 Å². The van der Waals surface area contributed by atoms with E-state index in [-0.39, 0.29) is 0 Å². The van der Waals surface area contributed by atoms with Crippen LogP contribution in [0.4, 0.5) is 5.82 Å². The van der Waals surface area contributed by atoms with Gasteiger partial charge in [-0.05, 0) is 49.3 Å². The zero-order chi connectivity index (χ0) is 15.6. The van der Waals surface area contributed by atoms with E-state index in [9.17, 15) is 0 Å². The van der Waals surface area contributed by atoms with E-state index >= 15 is 0 Å². The third kappa shape index (κ3) is 2.72. The van der Waals surface area contributed by atoms with Crippen LogP contribution >= 0.6 is 11.3 Å². The molecule has 1 aliphatic rings. The number of anilines is 1. The molecular weight excluding hydrogens is 302 g/mol. The quantitative estimate of drug-likeness (QED) is 0.669. The third-order valence-electron chi connectivity index (χ3n) is 4.70.